The lowest BCUT2D eigenvalue weighted by molar-refractivity contribution is -0.153. The second-order valence-corrected chi connectivity index (χ2v) is 9.83. The van der Waals surface area contributed by atoms with E-state index in [9.17, 15) is 19.5 Å². The van der Waals surface area contributed by atoms with E-state index in [1.807, 2.05) is 6.08 Å². The molecule has 1 aliphatic heterocycles. The van der Waals surface area contributed by atoms with Gasteiger partial charge in [0.15, 0.2) is 0 Å². The molecule has 31 heavy (non-hydrogen) atoms. The van der Waals surface area contributed by atoms with Crippen molar-refractivity contribution in [2.45, 2.75) is 117 Å². The number of esters is 2. The Morgan fingerprint density at radius 3 is 2.00 bits per heavy atom. The molecular formula is C26H42O5. The molecule has 176 valence electrons. The summed E-state index contributed by atoms with van der Waals surface area (Å²) in [5, 5.41) is 9.37. The van der Waals surface area contributed by atoms with Gasteiger partial charge in [0, 0.05) is 5.57 Å². The number of hydrogen-bond acceptors (Lipinski definition) is 4. The molecule has 0 aromatic rings. The maximum Gasteiger partial charge on any atom is 0.330 e. The highest BCUT2D eigenvalue weighted by molar-refractivity contribution is 5.96. The van der Waals surface area contributed by atoms with Crippen LogP contribution in [-0.2, 0) is 19.1 Å². The highest BCUT2D eigenvalue weighted by Crippen LogP contribution is 2.50. The van der Waals surface area contributed by atoms with E-state index in [4.69, 9.17) is 4.74 Å². The Balaban J connectivity index is 1.74. The number of unbranched alkanes of at least 4 members (excludes halogenated alkanes) is 11. The molecule has 2 aliphatic rings. The molecular weight excluding hydrogens is 392 g/mol. The zero-order valence-electron chi connectivity index (χ0n) is 19.6. The molecule has 0 bridgehead atoms. The van der Waals surface area contributed by atoms with Crippen molar-refractivity contribution in [1.29, 1.82) is 0 Å². The third kappa shape index (κ3) is 8.08. The maximum absolute atomic E-state index is 12.1. The predicted molar refractivity (Wildman–Crippen MR) is 121 cm³/mol. The van der Waals surface area contributed by atoms with Gasteiger partial charge in [0.1, 0.15) is 0 Å². The molecule has 0 aromatic heterocycles. The highest BCUT2D eigenvalue weighted by Gasteiger charge is 2.51. The Morgan fingerprint density at radius 2 is 1.45 bits per heavy atom. The van der Waals surface area contributed by atoms with Crippen LogP contribution in [0.25, 0.3) is 0 Å². The van der Waals surface area contributed by atoms with Crippen molar-refractivity contribution >= 4 is 17.9 Å². The average molecular weight is 435 g/mol. The van der Waals surface area contributed by atoms with Crippen molar-refractivity contribution in [2.24, 2.45) is 17.3 Å². The van der Waals surface area contributed by atoms with E-state index in [0.717, 1.165) is 25.7 Å². The van der Waals surface area contributed by atoms with Gasteiger partial charge in [-0.1, -0.05) is 90.0 Å². The summed E-state index contributed by atoms with van der Waals surface area (Å²) in [5.41, 5.74) is 0.0151. The number of aliphatic carboxylic acids is 1. The number of carbonyl (C=O) groups is 3. The number of carboxylic acids is 1. The van der Waals surface area contributed by atoms with Gasteiger partial charge in [0.2, 0.25) is 0 Å². The van der Waals surface area contributed by atoms with Crippen molar-refractivity contribution in [3.63, 3.8) is 0 Å². The Hall–Kier alpha value is -1.65. The monoisotopic (exact) mass is 434 g/mol. The topological polar surface area (TPSA) is 80.7 Å². The predicted octanol–water partition coefficient (Wildman–Crippen LogP) is 6.59. The van der Waals surface area contributed by atoms with Crippen molar-refractivity contribution in [1.82, 2.24) is 0 Å². The summed E-state index contributed by atoms with van der Waals surface area (Å²) in [4.78, 5) is 35.4. The number of carboxylic acid groups (broad SMARTS) is 1. The second kappa shape index (κ2) is 13.0. The van der Waals surface area contributed by atoms with Gasteiger partial charge >= 0.3 is 17.9 Å². The third-order valence-corrected chi connectivity index (χ3v) is 7.26. The molecule has 5 nitrogen and oxygen atoms in total. The number of rotatable bonds is 15. The molecule has 2 rings (SSSR count). The van der Waals surface area contributed by atoms with Crippen LogP contribution in [0.5, 0.6) is 0 Å². The minimum Gasteiger partial charge on any atom is -0.478 e. The van der Waals surface area contributed by atoms with E-state index < -0.39 is 23.8 Å². The second-order valence-electron chi connectivity index (χ2n) is 9.83. The molecule has 3 atom stereocenters. The van der Waals surface area contributed by atoms with Crippen LogP contribution in [0, 0.1) is 17.3 Å². The van der Waals surface area contributed by atoms with Crippen molar-refractivity contribution in [3.05, 3.63) is 11.6 Å². The molecule has 1 saturated heterocycles. The zero-order chi connectivity index (χ0) is 22.7. The molecule has 5 heteroatoms. The highest BCUT2D eigenvalue weighted by atomic mass is 16.6. The van der Waals surface area contributed by atoms with Crippen molar-refractivity contribution < 1.29 is 24.2 Å². The summed E-state index contributed by atoms with van der Waals surface area (Å²) >= 11 is 0. The van der Waals surface area contributed by atoms with Crippen LogP contribution in [0.3, 0.4) is 0 Å². The first-order chi connectivity index (χ1) is 14.9. The SMILES string of the molecule is CCCCCCCCCCCCCCC1(C=C(C)C(=O)O)CCC2C(=O)OC(=O)C2C1. The van der Waals surface area contributed by atoms with Crippen LogP contribution < -0.4 is 0 Å². The quantitative estimate of drug-likeness (QED) is 0.136. The number of ether oxygens (including phenoxy) is 1. The van der Waals surface area contributed by atoms with Crippen LogP contribution in [0.4, 0.5) is 0 Å². The summed E-state index contributed by atoms with van der Waals surface area (Å²) < 4.78 is 4.86. The summed E-state index contributed by atoms with van der Waals surface area (Å²) in [6, 6.07) is 0. The molecule has 1 aliphatic carbocycles. The molecule has 1 heterocycles. The first-order valence-corrected chi connectivity index (χ1v) is 12.6. The van der Waals surface area contributed by atoms with Crippen molar-refractivity contribution in [3.8, 4) is 0 Å². The number of hydrogen-bond donors (Lipinski definition) is 1. The fourth-order valence-corrected chi connectivity index (χ4v) is 5.38. The summed E-state index contributed by atoms with van der Waals surface area (Å²) in [7, 11) is 0. The van der Waals surface area contributed by atoms with Gasteiger partial charge in [0.25, 0.3) is 0 Å². The van der Waals surface area contributed by atoms with Crippen LogP contribution in [0.2, 0.25) is 0 Å². The number of carbonyl (C=O) groups excluding carboxylic acids is 2. The van der Waals surface area contributed by atoms with Gasteiger partial charge in [-0.25, -0.2) is 4.79 Å². The van der Waals surface area contributed by atoms with E-state index in [2.05, 4.69) is 6.92 Å². The molecule has 0 amide bonds. The molecule has 2 fully saturated rings. The standard InChI is InChI=1S/C26H42O5/c1-3-4-5-6-7-8-9-10-11-12-13-14-16-26(18-20(2)23(27)28)17-15-21-22(19-26)25(30)31-24(21)29/h18,21-22H,3-17,19H2,1-2H3,(H,27,28). The number of allylic oxidation sites excluding steroid dienone is 1. The van der Waals surface area contributed by atoms with Crippen LogP contribution in [-0.4, -0.2) is 23.0 Å². The normalized spacial score (nSPS) is 26.1. The van der Waals surface area contributed by atoms with Gasteiger partial charge in [-0.05, 0) is 38.0 Å². The molecule has 0 aromatic carbocycles. The Bertz CT molecular complexity index is 638. The fraction of sp³-hybridized carbons (Fsp3) is 0.808. The van der Waals surface area contributed by atoms with Gasteiger partial charge in [0.05, 0.1) is 11.8 Å². The largest absolute Gasteiger partial charge is 0.478 e. The fourth-order valence-electron chi connectivity index (χ4n) is 5.38. The maximum atomic E-state index is 12.1. The minimum atomic E-state index is -0.915. The first-order valence-electron chi connectivity index (χ1n) is 12.6. The van der Waals surface area contributed by atoms with Gasteiger partial charge in [-0.3, -0.25) is 9.59 Å². The Morgan fingerprint density at radius 1 is 0.935 bits per heavy atom. The molecule has 0 spiro atoms. The minimum absolute atomic E-state index is 0.314. The third-order valence-electron chi connectivity index (χ3n) is 7.26. The molecule has 1 N–H and O–H groups in total. The first kappa shape index (κ1) is 25.6. The number of cyclic esters (lactones) is 2. The van der Waals surface area contributed by atoms with E-state index in [1.54, 1.807) is 6.92 Å². The Kier molecular flexibility index (Phi) is 10.8. The van der Waals surface area contributed by atoms with Gasteiger partial charge in [-0.15, -0.1) is 0 Å². The van der Waals surface area contributed by atoms with E-state index >= 15 is 0 Å². The van der Waals surface area contributed by atoms with Gasteiger partial charge < -0.3 is 9.84 Å². The summed E-state index contributed by atoms with van der Waals surface area (Å²) in [5.74, 6) is -2.47. The van der Waals surface area contributed by atoms with E-state index in [-0.39, 0.29) is 11.3 Å². The van der Waals surface area contributed by atoms with Crippen LogP contribution in [0.15, 0.2) is 11.6 Å². The van der Waals surface area contributed by atoms with E-state index in [1.165, 1.54) is 64.2 Å². The lowest BCUT2D eigenvalue weighted by Gasteiger charge is -2.39. The van der Waals surface area contributed by atoms with Gasteiger partial charge in [-0.2, -0.15) is 0 Å². The van der Waals surface area contributed by atoms with Crippen molar-refractivity contribution in [2.75, 3.05) is 0 Å². The van der Waals surface area contributed by atoms with E-state index in [0.29, 0.717) is 18.4 Å². The smallest absolute Gasteiger partial charge is 0.330 e. The lowest BCUT2D eigenvalue weighted by atomic mass is 9.63. The Labute approximate surface area is 188 Å². The average Bonchev–Trinajstić information content (AvgIpc) is 3.01. The molecule has 3 unspecified atom stereocenters. The van der Waals surface area contributed by atoms with Crippen LogP contribution in [0.1, 0.15) is 117 Å². The molecule has 1 saturated carbocycles. The summed E-state index contributed by atoms with van der Waals surface area (Å²) in [6.45, 7) is 3.87. The lowest BCUT2D eigenvalue weighted by Crippen LogP contribution is -2.34. The summed E-state index contributed by atoms with van der Waals surface area (Å²) in [6.07, 6.45) is 20.0. The number of fused-ring (bicyclic) bond motifs is 1. The van der Waals surface area contributed by atoms with Crippen LogP contribution >= 0.6 is 0 Å². The molecule has 0 radical (unpaired) electrons. The zero-order valence-corrected chi connectivity index (χ0v) is 19.6.